The maximum Gasteiger partial charge on any atom is 0.216 e. The number of piperidine rings is 1. The van der Waals surface area contributed by atoms with Gasteiger partial charge in [-0.15, -0.1) is 0 Å². The standard InChI is InChI=1S/C14H23N3O2S/c1-2-17-9-5-7-13(10-17)16-20(18,19)11-12-6-3-4-8-14(12)15/h3-4,6,8,13,16H,2,5,7,9-11,15H2,1H3. The molecule has 1 atom stereocenters. The average molecular weight is 297 g/mol. The van der Waals surface area contributed by atoms with Gasteiger partial charge in [0.05, 0.1) is 5.75 Å². The second kappa shape index (κ2) is 6.56. The van der Waals surface area contributed by atoms with Crippen LogP contribution in [0.5, 0.6) is 0 Å². The van der Waals surface area contributed by atoms with Gasteiger partial charge in [-0.05, 0) is 37.6 Å². The highest BCUT2D eigenvalue weighted by Crippen LogP contribution is 2.16. The van der Waals surface area contributed by atoms with Crippen LogP contribution in [0.15, 0.2) is 24.3 Å². The van der Waals surface area contributed by atoms with E-state index in [-0.39, 0.29) is 11.8 Å². The molecule has 0 amide bonds. The molecular formula is C14H23N3O2S. The molecule has 1 unspecified atom stereocenters. The van der Waals surface area contributed by atoms with E-state index in [1.54, 1.807) is 24.3 Å². The number of benzene rings is 1. The Bertz CT molecular complexity index is 545. The lowest BCUT2D eigenvalue weighted by molar-refractivity contribution is 0.211. The third-order valence-electron chi connectivity index (χ3n) is 3.70. The van der Waals surface area contributed by atoms with E-state index in [0.29, 0.717) is 11.3 Å². The van der Waals surface area contributed by atoms with Crippen molar-refractivity contribution in [2.24, 2.45) is 0 Å². The fourth-order valence-corrected chi connectivity index (χ4v) is 4.06. The Kier molecular flexibility index (Phi) is 5.01. The summed E-state index contributed by atoms with van der Waals surface area (Å²) >= 11 is 0. The minimum atomic E-state index is -3.35. The highest BCUT2D eigenvalue weighted by molar-refractivity contribution is 7.88. The largest absolute Gasteiger partial charge is 0.398 e. The molecule has 112 valence electrons. The van der Waals surface area contributed by atoms with E-state index < -0.39 is 10.0 Å². The van der Waals surface area contributed by atoms with Gasteiger partial charge in [-0.25, -0.2) is 13.1 Å². The first-order valence-electron chi connectivity index (χ1n) is 7.06. The van der Waals surface area contributed by atoms with Gasteiger partial charge < -0.3 is 10.6 Å². The Morgan fingerprint density at radius 3 is 2.85 bits per heavy atom. The summed E-state index contributed by atoms with van der Waals surface area (Å²) in [6.45, 7) is 4.91. The molecule has 1 aromatic rings. The summed E-state index contributed by atoms with van der Waals surface area (Å²) in [4.78, 5) is 2.27. The fraction of sp³-hybridized carbons (Fsp3) is 0.571. The predicted octanol–water partition coefficient (Wildman–Crippen LogP) is 1.17. The topological polar surface area (TPSA) is 75.4 Å². The lowest BCUT2D eigenvalue weighted by atomic mass is 10.1. The summed E-state index contributed by atoms with van der Waals surface area (Å²) in [6, 6.07) is 7.11. The van der Waals surface area contributed by atoms with Gasteiger partial charge in [0.2, 0.25) is 10.0 Å². The first-order chi connectivity index (χ1) is 9.50. The van der Waals surface area contributed by atoms with Gasteiger partial charge >= 0.3 is 0 Å². The number of sulfonamides is 1. The van der Waals surface area contributed by atoms with Crippen LogP contribution in [-0.4, -0.2) is 39.0 Å². The van der Waals surface area contributed by atoms with E-state index >= 15 is 0 Å². The zero-order valence-corrected chi connectivity index (χ0v) is 12.7. The molecular weight excluding hydrogens is 274 g/mol. The number of likely N-dealkylation sites (N-methyl/N-ethyl adjacent to an activating group) is 1. The number of hydrogen-bond acceptors (Lipinski definition) is 4. The van der Waals surface area contributed by atoms with Crippen molar-refractivity contribution >= 4 is 15.7 Å². The van der Waals surface area contributed by atoms with E-state index in [1.807, 2.05) is 0 Å². The first-order valence-corrected chi connectivity index (χ1v) is 8.71. The number of likely N-dealkylation sites (tertiary alicyclic amines) is 1. The molecule has 2 rings (SSSR count). The van der Waals surface area contributed by atoms with Crippen molar-refractivity contribution in [3.8, 4) is 0 Å². The zero-order valence-electron chi connectivity index (χ0n) is 11.9. The molecule has 6 heteroatoms. The van der Waals surface area contributed by atoms with Crippen molar-refractivity contribution in [1.82, 2.24) is 9.62 Å². The van der Waals surface area contributed by atoms with Gasteiger partial charge in [-0.3, -0.25) is 0 Å². The molecule has 0 aromatic heterocycles. The molecule has 20 heavy (non-hydrogen) atoms. The van der Waals surface area contributed by atoms with Crippen LogP contribution in [0, 0.1) is 0 Å². The van der Waals surface area contributed by atoms with Gasteiger partial charge in [0.1, 0.15) is 0 Å². The maximum atomic E-state index is 12.2. The highest BCUT2D eigenvalue weighted by atomic mass is 32.2. The lowest BCUT2D eigenvalue weighted by Crippen LogP contribution is -2.47. The van der Waals surface area contributed by atoms with Crippen LogP contribution in [0.2, 0.25) is 0 Å². The quantitative estimate of drug-likeness (QED) is 0.800. The van der Waals surface area contributed by atoms with Crippen LogP contribution >= 0.6 is 0 Å². The van der Waals surface area contributed by atoms with Crippen molar-refractivity contribution in [3.05, 3.63) is 29.8 Å². The number of nitrogens with one attached hydrogen (secondary N) is 1. The van der Waals surface area contributed by atoms with Gasteiger partial charge in [0.25, 0.3) is 0 Å². The van der Waals surface area contributed by atoms with Crippen molar-refractivity contribution in [2.75, 3.05) is 25.4 Å². The molecule has 5 nitrogen and oxygen atoms in total. The molecule has 0 saturated carbocycles. The summed E-state index contributed by atoms with van der Waals surface area (Å²) in [5.74, 6) is -0.0533. The Labute approximate surface area is 121 Å². The van der Waals surface area contributed by atoms with E-state index in [4.69, 9.17) is 5.73 Å². The van der Waals surface area contributed by atoms with Gasteiger partial charge in [0, 0.05) is 18.3 Å². The van der Waals surface area contributed by atoms with E-state index in [2.05, 4.69) is 16.5 Å². The van der Waals surface area contributed by atoms with Crippen LogP contribution in [0.4, 0.5) is 5.69 Å². The maximum absolute atomic E-state index is 12.2. The minimum Gasteiger partial charge on any atom is -0.398 e. The number of para-hydroxylation sites is 1. The molecule has 1 fully saturated rings. The molecule has 0 bridgehead atoms. The SMILES string of the molecule is CCN1CCCC(NS(=O)(=O)Cc2ccccc2N)C1. The van der Waals surface area contributed by atoms with Crippen molar-refractivity contribution < 1.29 is 8.42 Å². The summed E-state index contributed by atoms with van der Waals surface area (Å²) in [5, 5.41) is 0. The summed E-state index contributed by atoms with van der Waals surface area (Å²) in [7, 11) is -3.35. The third kappa shape index (κ3) is 4.19. The third-order valence-corrected chi connectivity index (χ3v) is 5.08. The Balaban J connectivity index is 1.99. The van der Waals surface area contributed by atoms with Crippen molar-refractivity contribution in [2.45, 2.75) is 31.6 Å². The molecule has 1 aliphatic heterocycles. The highest BCUT2D eigenvalue weighted by Gasteiger charge is 2.23. The number of nitrogens with zero attached hydrogens (tertiary/aromatic N) is 1. The Morgan fingerprint density at radius 1 is 1.40 bits per heavy atom. The monoisotopic (exact) mass is 297 g/mol. The number of nitrogens with two attached hydrogens (primary N) is 1. The second-order valence-corrected chi connectivity index (χ2v) is 7.06. The molecule has 1 aliphatic rings. The predicted molar refractivity (Wildman–Crippen MR) is 81.7 cm³/mol. The normalized spacial score (nSPS) is 20.9. The molecule has 0 aliphatic carbocycles. The second-order valence-electron chi connectivity index (χ2n) is 5.31. The number of hydrogen-bond donors (Lipinski definition) is 2. The molecule has 3 N–H and O–H groups in total. The van der Waals surface area contributed by atoms with Crippen molar-refractivity contribution in [1.29, 1.82) is 0 Å². The average Bonchev–Trinajstić information content (AvgIpc) is 2.41. The van der Waals surface area contributed by atoms with Gasteiger partial charge in [-0.2, -0.15) is 0 Å². The van der Waals surface area contributed by atoms with Crippen LogP contribution in [0.1, 0.15) is 25.3 Å². The molecule has 0 spiro atoms. The minimum absolute atomic E-state index is 0.0126. The van der Waals surface area contributed by atoms with E-state index in [9.17, 15) is 8.42 Å². The van der Waals surface area contributed by atoms with Crippen LogP contribution < -0.4 is 10.5 Å². The summed E-state index contributed by atoms with van der Waals surface area (Å²) in [6.07, 6.45) is 1.94. The smallest absolute Gasteiger partial charge is 0.216 e. The molecule has 0 radical (unpaired) electrons. The molecule has 1 aromatic carbocycles. The van der Waals surface area contributed by atoms with E-state index in [1.165, 1.54) is 0 Å². The van der Waals surface area contributed by atoms with E-state index in [0.717, 1.165) is 32.5 Å². The fourth-order valence-electron chi connectivity index (χ4n) is 2.60. The van der Waals surface area contributed by atoms with Gasteiger partial charge in [-0.1, -0.05) is 25.1 Å². The number of rotatable bonds is 5. The van der Waals surface area contributed by atoms with Crippen LogP contribution in [0.3, 0.4) is 0 Å². The van der Waals surface area contributed by atoms with Crippen molar-refractivity contribution in [3.63, 3.8) is 0 Å². The Morgan fingerprint density at radius 2 is 2.15 bits per heavy atom. The zero-order chi connectivity index (χ0) is 14.6. The number of anilines is 1. The molecule has 1 saturated heterocycles. The Hall–Kier alpha value is -1.11. The molecule has 1 heterocycles. The van der Waals surface area contributed by atoms with Gasteiger partial charge in [0.15, 0.2) is 0 Å². The van der Waals surface area contributed by atoms with Crippen LogP contribution in [0.25, 0.3) is 0 Å². The lowest BCUT2D eigenvalue weighted by Gasteiger charge is -2.32. The first kappa shape index (κ1) is 15.3. The number of nitrogen functional groups attached to an aromatic ring is 1. The summed E-state index contributed by atoms with van der Waals surface area (Å²) in [5.41, 5.74) is 6.98. The van der Waals surface area contributed by atoms with Crippen LogP contribution in [-0.2, 0) is 15.8 Å². The summed E-state index contributed by atoms with van der Waals surface area (Å²) < 4.78 is 27.3.